The lowest BCUT2D eigenvalue weighted by Crippen LogP contribution is -2.30. The lowest BCUT2D eigenvalue weighted by Gasteiger charge is -2.17. The van der Waals surface area contributed by atoms with E-state index in [0.29, 0.717) is 16.4 Å². The smallest absolute Gasteiger partial charge is 0.272 e. The zero-order chi connectivity index (χ0) is 36.6. The Hall–Kier alpha value is -6.29. The van der Waals surface area contributed by atoms with Gasteiger partial charge in [-0.3, -0.25) is 14.4 Å². The molecule has 260 valence electrons. The number of carbonyl (C=O) groups is 3. The molecule has 1 heterocycles. The number of thiazole rings is 1. The van der Waals surface area contributed by atoms with Crippen LogP contribution in [0.1, 0.15) is 32.3 Å². The van der Waals surface area contributed by atoms with Crippen molar-refractivity contribution in [2.45, 2.75) is 17.1 Å². The summed E-state index contributed by atoms with van der Waals surface area (Å²) in [7, 11) is 0. The summed E-state index contributed by atoms with van der Waals surface area (Å²) in [5.41, 5.74) is 5.57. The van der Waals surface area contributed by atoms with Crippen molar-refractivity contribution in [3.63, 3.8) is 0 Å². The van der Waals surface area contributed by atoms with Crippen LogP contribution in [0, 0.1) is 6.92 Å². The number of aromatic nitrogens is 1. The molecule has 0 saturated heterocycles. The standard InChI is InChI=1S/C44H34N4O3S2/c1-29-22-24-31(25-23-29)39-28-52-44(47-39)48-43(51)40(32-13-4-2-5-14-32)53-36-20-11-19-35(27-36)45-42(50)38(46-41(49)33-15-6-3-7-16-33)26-34-18-10-17-30-12-8-9-21-37(30)34/h2-28,40H,1H3,(H,45,50)(H,46,49)(H,47,48,51)/b38-26+. The molecule has 9 heteroatoms. The summed E-state index contributed by atoms with van der Waals surface area (Å²) in [6.07, 6.45) is 1.69. The quantitative estimate of drug-likeness (QED) is 0.0909. The number of amides is 3. The van der Waals surface area contributed by atoms with E-state index >= 15 is 0 Å². The first-order valence-corrected chi connectivity index (χ1v) is 18.7. The Kier molecular flexibility index (Phi) is 10.9. The van der Waals surface area contributed by atoms with Gasteiger partial charge < -0.3 is 16.0 Å². The van der Waals surface area contributed by atoms with Crippen LogP contribution < -0.4 is 16.0 Å². The molecule has 7 aromatic rings. The van der Waals surface area contributed by atoms with E-state index in [1.807, 2.05) is 134 Å². The second-order valence-corrected chi connectivity index (χ2v) is 14.3. The van der Waals surface area contributed by atoms with Crippen molar-refractivity contribution in [1.82, 2.24) is 10.3 Å². The van der Waals surface area contributed by atoms with Crippen molar-refractivity contribution in [3.8, 4) is 11.3 Å². The second kappa shape index (κ2) is 16.4. The van der Waals surface area contributed by atoms with Gasteiger partial charge in [0.15, 0.2) is 5.13 Å². The minimum absolute atomic E-state index is 0.0863. The highest BCUT2D eigenvalue weighted by molar-refractivity contribution is 8.00. The van der Waals surface area contributed by atoms with Crippen LogP contribution in [0.4, 0.5) is 10.8 Å². The van der Waals surface area contributed by atoms with E-state index in [4.69, 9.17) is 0 Å². The van der Waals surface area contributed by atoms with Gasteiger partial charge in [-0.2, -0.15) is 0 Å². The van der Waals surface area contributed by atoms with Crippen molar-refractivity contribution in [2.24, 2.45) is 0 Å². The summed E-state index contributed by atoms with van der Waals surface area (Å²) in [6, 6.07) is 47.4. The predicted octanol–water partition coefficient (Wildman–Crippen LogP) is 10.2. The van der Waals surface area contributed by atoms with Gasteiger partial charge in [0.2, 0.25) is 5.91 Å². The molecule has 0 spiro atoms. The summed E-state index contributed by atoms with van der Waals surface area (Å²) < 4.78 is 0. The molecule has 0 bridgehead atoms. The third kappa shape index (κ3) is 8.78. The maximum Gasteiger partial charge on any atom is 0.272 e. The third-order valence-corrected chi connectivity index (χ3v) is 10.4. The number of hydrogen-bond acceptors (Lipinski definition) is 6. The van der Waals surface area contributed by atoms with Gasteiger partial charge in [-0.05, 0) is 65.2 Å². The molecule has 7 nitrogen and oxygen atoms in total. The van der Waals surface area contributed by atoms with Crippen LogP contribution in [0.25, 0.3) is 28.1 Å². The Balaban J connectivity index is 1.12. The van der Waals surface area contributed by atoms with Gasteiger partial charge in [-0.15, -0.1) is 23.1 Å². The lowest BCUT2D eigenvalue weighted by molar-refractivity contribution is -0.116. The van der Waals surface area contributed by atoms with Gasteiger partial charge in [0.05, 0.1) is 5.69 Å². The zero-order valence-corrected chi connectivity index (χ0v) is 30.3. The van der Waals surface area contributed by atoms with Crippen molar-refractivity contribution in [1.29, 1.82) is 0 Å². The highest BCUT2D eigenvalue weighted by Gasteiger charge is 2.24. The monoisotopic (exact) mass is 730 g/mol. The van der Waals surface area contributed by atoms with Crippen LogP contribution in [0.5, 0.6) is 0 Å². The van der Waals surface area contributed by atoms with Gasteiger partial charge in [0, 0.05) is 27.1 Å². The number of fused-ring (bicyclic) bond motifs is 1. The Morgan fingerprint density at radius 1 is 0.736 bits per heavy atom. The fraction of sp³-hybridized carbons (Fsp3) is 0.0455. The fourth-order valence-corrected chi connectivity index (χ4v) is 7.52. The number of nitrogens with one attached hydrogen (secondary N) is 3. The molecule has 0 fully saturated rings. The van der Waals surface area contributed by atoms with Gasteiger partial charge in [0.25, 0.3) is 11.8 Å². The summed E-state index contributed by atoms with van der Waals surface area (Å²) in [6.45, 7) is 2.04. The van der Waals surface area contributed by atoms with E-state index in [9.17, 15) is 14.4 Å². The number of benzene rings is 6. The molecule has 0 radical (unpaired) electrons. The van der Waals surface area contributed by atoms with E-state index < -0.39 is 17.1 Å². The number of hydrogen-bond donors (Lipinski definition) is 3. The molecule has 0 aliphatic carbocycles. The molecule has 53 heavy (non-hydrogen) atoms. The highest BCUT2D eigenvalue weighted by atomic mass is 32.2. The van der Waals surface area contributed by atoms with E-state index in [1.165, 1.54) is 23.1 Å². The molecular formula is C44H34N4O3S2. The fourth-order valence-electron chi connectivity index (χ4n) is 5.72. The van der Waals surface area contributed by atoms with E-state index in [-0.39, 0.29) is 11.6 Å². The predicted molar refractivity (Wildman–Crippen MR) is 217 cm³/mol. The summed E-state index contributed by atoms with van der Waals surface area (Å²) in [5.74, 6) is -1.11. The van der Waals surface area contributed by atoms with Crippen molar-refractivity contribution in [2.75, 3.05) is 10.6 Å². The first-order valence-electron chi connectivity index (χ1n) is 16.9. The SMILES string of the molecule is Cc1ccc(-c2csc(NC(=O)C(Sc3cccc(NC(=O)/C(=C\c4cccc5ccccc45)NC(=O)c4ccccc4)c3)c3ccccc3)n2)cc1. The van der Waals surface area contributed by atoms with E-state index in [1.54, 1.807) is 36.4 Å². The normalized spacial score (nSPS) is 11.8. The Morgan fingerprint density at radius 3 is 2.23 bits per heavy atom. The van der Waals surface area contributed by atoms with Gasteiger partial charge in [0.1, 0.15) is 10.9 Å². The topological polar surface area (TPSA) is 100 Å². The van der Waals surface area contributed by atoms with Crippen molar-refractivity contribution >= 4 is 68.5 Å². The lowest BCUT2D eigenvalue weighted by atomic mass is 10.0. The third-order valence-electron chi connectivity index (χ3n) is 8.42. The average Bonchev–Trinajstić information content (AvgIpc) is 3.66. The number of thioether (sulfide) groups is 1. The van der Waals surface area contributed by atoms with Crippen molar-refractivity contribution in [3.05, 3.63) is 185 Å². The van der Waals surface area contributed by atoms with Crippen LogP contribution in [0.15, 0.2) is 168 Å². The minimum Gasteiger partial charge on any atom is -0.321 e. The molecule has 1 unspecified atom stereocenters. The number of nitrogens with zero attached hydrogens (tertiary/aromatic N) is 1. The molecule has 0 aliphatic rings. The van der Waals surface area contributed by atoms with Crippen LogP contribution in [0.3, 0.4) is 0 Å². The molecule has 1 atom stereocenters. The number of aryl methyl sites for hydroxylation is 1. The zero-order valence-electron chi connectivity index (χ0n) is 28.7. The molecule has 0 aliphatic heterocycles. The summed E-state index contributed by atoms with van der Waals surface area (Å²) >= 11 is 2.74. The summed E-state index contributed by atoms with van der Waals surface area (Å²) in [5, 5.41) is 12.6. The molecular weight excluding hydrogens is 697 g/mol. The molecule has 7 rings (SSSR count). The largest absolute Gasteiger partial charge is 0.321 e. The maximum absolute atomic E-state index is 13.9. The minimum atomic E-state index is -0.610. The van der Waals surface area contributed by atoms with E-state index in [2.05, 4.69) is 20.9 Å². The molecule has 1 aromatic heterocycles. The van der Waals surface area contributed by atoms with Gasteiger partial charge >= 0.3 is 0 Å². The number of anilines is 2. The first-order chi connectivity index (χ1) is 25.9. The van der Waals surface area contributed by atoms with E-state index in [0.717, 1.165) is 43.6 Å². The molecule has 0 saturated carbocycles. The maximum atomic E-state index is 13.9. The van der Waals surface area contributed by atoms with Crippen LogP contribution in [-0.2, 0) is 9.59 Å². The Labute approximate surface area is 315 Å². The highest BCUT2D eigenvalue weighted by Crippen LogP contribution is 2.38. The Bertz CT molecular complexity index is 2420. The van der Waals surface area contributed by atoms with Crippen LogP contribution >= 0.6 is 23.1 Å². The molecule has 6 aromatic carbocycles. The molecule has 3 N–H and O–H groups in total. The summed E-state index contributed by atoms with van der Waals surface area (Å²) in [4.78, 5) is 46.5. The van der Waals surface area contributed by atoms with Gasteiger partial charge in [-0.1, -0.05) is 127 Å². The van der Waals surface area contributed by atoms with Crippen LogP contribution in [-0.4, -0.2) is 22.7 Å². The average molecular weight is 731 g/mol. The van der Waals surface area contributed by atoms with Crippen molar-refractivity contribution < 1.29 is 14.4 Å². The van der Waals surface area contributed by atoms with Gasteiger partial charge in [-0.25, -0.2) is 4.98 Å². The Morgan fingerprint density at radius 2 is 1.43 bits per heavy atom. The number of carbonyl (C=O) groups excluding carboxylic acids is 3. The second-order valence-electron chi connectivity index (χ2n) is 12.2. The molecule has 3 amide bonds. The number of rotatable bonds is 11. The van der Waals surface area contributed by atoms with Crippen LogP contribution in [0.2, 0.25) is 0 Å². The first kappa shape index (κ1) is 35.1.